The van der Waals surface area contributed by atoms with Gasteiger partial charge in [0.1, 0.15) is 0 Å². The smallest absolute Gasteiger partial charge is 0.0159 e. The normalized spacial score (nSPS) is 23.5. The third-order valence-electron chi connectivity index (χ3n) is 3.42. The van der Waals surface area contributed by atoms with E-state index in [1.165, 1.54) is 12.8 Å². The first kappa shape index (κ1) is 9.05. The Morgan fingerprint density at radius 2 is 1.36 bits per heavy atom. The number of hydrogen-bond acceptors (Lipinski definition) is 1. The molecule has 1 fully saturated rings. The Balaban J connectivity index is 2.85. The molecule has 0 radical (unpaired) electrons. The van der Waals surface area contributed by atoms with Crippen LogP contribution in [0.3, 0.4) is 0 Å². The van der Waals surface area contributed by atoms with Gasteiger partial charge in [-0.2, -0.15) is 0 Å². The molecule has 0 aromatic carbocycles. The standard InChI is InChI=1S/C10H21N/c1-8(2,3)10(6-7-10)9(4,5)11/h6-7,11H2,1-5H3. The summed E-state index contributed by atoms with van der Waals surface area (Å²) in [6.45, 7) is 11.2. The van der Waals surface area contributed by atoms with Crippen LogP contribution in [0.5, 0.6) is 0 Å². The van der Waals surface area contributed by atoms with Crippen LogP contribution >= 0.6 is 0 Å². The van der Waals surface area contributed by atoms with Gasteiger partial charge in [-0.1, -0.05) is 20.8 Å². The zero-order chi connectivity index (χ0) is 8.91. The maximum atomic E-state index is 6.16. The fourth-order valence-corrected chi connectivity index (χ4v) is 2.49. The Morgan fingerprint density at radius 3 is 1.36 bits per heavy atom. The molecule has 1 saturated carbocycles. The highest BCUT2D eigenvalue weighted by atomic mass is 14.8. The summed E-state index contributed by atoms with van der Waals surface area (Å²) >= 11 is 0. The van der Waals surface area contributed by atoms with Crippen LogP contribution in [0.1, 0.15) is 47.5 Å². The Hall–Kier alpha value is -0.0400. The molecule has 1 nitrogen and oxygen atoms in total. The van der Waals surface area contributed by atoms with E-state index in [4.69, 9.17) is 5.73 Å². The van der Waals surface area contributed by atoms with Crippen molar-refractivity contribution in [2.24, 2.45) is 16.6 Å². The van der Waals surface area contributed by atoms with E-state index in [2.05, 4.69) is 34.6 Å². The monoisotopic (exact) mass is 155 g/mol. The van der Waals surface area contributed by atoms with Crippen LogP contribution in [-0.4, -0.2) is 5.54 Å². The lowest BCUT2D eigenvalue weighted by atomic mass is 9.67. The van der Waals surface area contributed by atoms with Gasteiger partial charge in [0.2, 0.25) is 0 Å². The molecule has 0 spiro atoms. The van der Waals surface area contributed by atoms with E-state index < -0.39 is 0 Å². The van der Waals surface area contributed by atoms with Crippen molar-refractivity contribution in [2.45, 2.75) is 53.0 Å². The third kappa shape index (κ3) is 1.20. The van der Waals surface area contributed by atoms with Crippen molar-refractivity contribution in [1.29, 1.82) is 0 Å². The molecule has 0 aromatic heterocycles. The molecule has 0 heterocycles. The second-order valence-corrected chi connectivity index (χ2v) is 5.55. The van der Waals surface area contributed by atoms with Crippen molar-refractivity contribution in [3.8, 4) is 0 Å². The van der Waals surface area contributed by atoms with Crippen molar-refractivity contribution < 1.29 is 0 Å². The molecule has 11 heavy (non-hydrogen) atoms. The summed E-state index contributed by atoms with van der Waals surface area (Å²) in [5, 5.41) is 0. The zero-order valence-electron chi connectivity index (χ0n) is 8.49. The van der Waals surface area contributed by atoms with E-state index in [0.717, 1.165) is 0 Å². The van der Waals surface area contributed by atoms with Gasteiger partial charge in [0.15, 0.2) is 0 Å². The van der Waals surface area contributed by atoms with Crippen LogP contribution in [0.25, 0.3) is 0 Å². The average Bonchev–Trinajstić information content (AvgIpc) is 2.31. The van der Waals surface area contributed by atoms with Gasteiger partial charge in [-0.05, 0) is 37.5 Å². The maximum absolute atomic E-state index is 6.16. The van der Waals surface area contributed by atoms with Crippen molar-refractivity contribution in [1.82, 2.24) is 0 Å². The Kier molecular flexibility index (Phi) is 1.65. The molecule has 0 amide bonds. The molecule has 1 aliphatic rings. The van der Waals surface area contributed by atoms with Gasteiger partial charge in [0.05, 0.1) is 0 Å². The van der Waals surface area contributed by atoms with Crippen LogP contribution in [-0.2, 0) is 0 Å². The lowest BCUT2D eigenvalue weighted by Gasteiger charge is -2.41. The molecular weight excluding hydrogens is 134 g/mol. The van der Waals surface area contributed by atoms with Crippen molar-refractivity contribution in [2.75, 3.05) is 0 Å². The van der Waals surface area contributed by atoms with Crippen molar-refractivity contribution >= 4 is 0 Å². The van der Waals surface area contributed by atoms with E-state index in [9.17, 15) is 0 Å². The molecule has 2 N–H and O–H groups in total. The first-order chi connectivity index (χ1) is 4.71. The quantitative estimate of drug-likeness (QED) is 0.618. The third-order valence-corrected chi connectivity index (χ3v) is 3.42. The molecule has 0 unspecified atom stereocenters. The van der Waals surface area contributed by atoms with Gasteiger partial charge in [0, 0.05) is 5.54 Å². The summed E-state index contributed by atoms with van der Waals surface area (Å²) in [5.74, 6) is 0. The summed E-state index contributed by atoms with van der Waals surface area (Å²) in [6.07, 6.45) is 2.61. The summed E-state index contributed by atoms with van der Waals surface area (Å²) < 4.78 is 0. The fraction of sp³-hybridized carbons (Fsp3) is 1.00. The Labute approximate surface area is 70.4 Å². The summed E-state index contributed by atoms with van der Waals surface area (Å²) in [4.78, 5) is 0. The predicted molar refractivity (Wildman–Crippen MR) is 49.4 cm³/mol. The first-order valence-electron chi connectivity index (χ1n) is 4.50. The topological polar surface area (TPSA) is 26.0 Å². The van der Waals surface area contributed by atoms with Gasteiger partial charge in [0.25, 0.3) is 0 Å². The van der Waals surface area contributed by atoms with Crippen LogP contribution < -0.4 is 5.73 Å². The van der Waals surface area contributed by atoms with Gasteiger partial charge >= 0.3 is 0 Å². The molecule has 0 atom stereocenters. The highest BCUT2D eigenvalue weighted by Crippen LogP contribution is 2.63. The minimum absolute atomic E-state index is 0.00868. The SMILES string of the molecule is CC(C)(C)C1(C(C)(C)N)CC1. The van der Waals surface area contributed by atoms with Gasteiger partial charge in [-0.3, -0.25) is 0 Å². The molecule has 0 aliphatic heterocycles. The Bertz CT molecular complexity index is 137. The van der Waals surface area contributed by atoms with E-state index in [0.29, 0.717) is 10.8 Å². The molecule has 1 heteroatoms. The van der Waals surface area contributed by atoms with Crippen LogP contribution in [0.4, 0.5) is 0 Å². The predicted octanol–water partition coefficient (Wildman–Crippen LogP) is 2.55. The van der Waals surface area contributed by atoms with Gasteiger partial charge < -0.3 is 5.73 Å². The first-order valence-corrected chi connectivity index (χ1v) is 4.50. The van der Waals surface area contributed by atoms with E-state index >= 15 is 0 Å². The number of hydrogen-bond donors (Lipinski definition) is 1. The summed E-state index contributed by atoms with van der Waals surface area (Å²) in [6, 6.07) is 0. The van der Waals surface area contributed by atoms with Crippen molar-refractivity contribution in [3.05, 3.63) is 0 Å². The van der Waals surface area contributed by atoms with E-state index in [1.54, 1.807) is 0 Å². The highest BCUT2D eigenvalue weighted by Gasteiger charge is 2.59. The zero-order valence-corrected chi connectivity index (χ0v) is 8.49. The Morgan fingerprint density at radius 1 is 1.00 bits per heavy atom. The van der Waals surface area contributed by atoms with Crippen LogP contribution in [0.15, 0.2) is 0 Å². The molecule has 1 aliphatic carbocycles. The van der Waals surface area contributed by atoms with E-state index in [-0.39, 0.29) is 5.54 Å². The van der Waals surface area contributed by atoms with Crippen LogP contribution in [0, 0.1) is 10.8 Å². The summed E-state index contributed by atoms with van der Waals surface area (Å²) in [5.41, 5.74) is 6.92. The minimum atomic E-state index is -0.00868. The van der Waals surface area contributed by atoms with E-state index in [1.807, 2.05) is 0 Å². The van der Waals surface area contributed by atoms with Crippen LogP contribution in [0.2, 0.25) is 0 Å². The van der Waals surface area contributed by atoms with Gasteiger partial charge in [-0.25, -0.2) is 0 Å². The second kappa shape index (κ2) is 2.01. The number of rotatable bonds is 1. The molecule has 0 bridgehead atoms. The van der Waals surface area contributed by atoms with Gasteiger partial charge in [-0.15, -0.1) is 0 Å². The second-order valence-electron chi connectivity index (χ2n) is 5.55. The molecule has 0 saturated heterocycles. The molecule has 66 valence electrons. The summed E-state index contributed by atoms with van der Waals surface area (Å²) in [7, 11) is 0. The molecule has 0 aromatic rings. The number of nitrogens with two attached hydrogens (primary N) is 1. The highest BCUT2D eigenvalue weighted by molar-refractivity contribution is 5.12. The lowest BCUT2D eigenvalue weighted by molar-refractivity contribution is 0.124. The largest absolute Gasteiger partial charge is 0.325 e. The fourth-order valence-electron chi connectivity index (χ4n) is 2.49. The van der Waals surface area contributed by atoms with Crippen molar-refractivity contribution in [3.63, 3.8) is 0 Å². The lowest BCUT2D eigenvalue weighted by Crippen LogP contribution is -2.48. The average molecular weight is 155 g/mol. The minimum Gasteiger partial charge on any atom is -0.325 e. The molecular formula is C10H21N. The molecule has 1 rings (SSSR count). The maximum Gasteiger partial charge on any atom is 0.0159 e.